The summed E-state index contributed by atoms with van der Waals surface area (Å²) in [4.78, 5) is 1.28. The maximum Gasteiger partial charge on any atom is 0.243 e. The summed E-state index contributed by atoms with van der Waals surface area (Å²) in [6.07, 6.45) is 6.05. The molecular formula is C13H20ClNO2S2. The molecule has 108 valence electrons. The van der Waals surface area contributed by atoms with Gasteiger partial charge < -0.3 is 0 Å². The molecule has 0 aliphatic heterocycles. The third-order valence-electron chi connectivity index (χ3n) is 3.71. The van der Waals surface area contributed by atoms with Crippen molar-refractivity contribution in [3.63, 3.8) is 0 Å². The van der Waals surface area contributed by atoms with Gasteiger partial charge in [-0.1, -0.05) is 19.3 Å². The van der Waals surface area contributed by atoms with E-state index in [1.54, 1.807) is 18.5 Å². The predicted octanol–water partition coefficient (Wildman–Crippen LogP) is 3.69. The monoisotopic (exact) mass is 321 g/mol. The average molecular weight is 322 g/mol. The first-order chi connectivity index (χ1) is 9.04. The molecule has 1 aliphatic carbocycles. The van der Waals surface area contributed by atoms with Gasteiger partial charge in [0.1, 0.15) is 0 Å². The minimum atomic E-state index is -3.34. The smallest absolute Gasteiger partial charge is 0.207 e. The Balaban J connectivity index is 2.05. The summed E-state index contributed by atoms with van der Waals surface area (Å²) in [5, 5.41) is 1.68. The number of halogens is 1. The number of thiophene rings is 1. The summed E-state index contributed by atoms with van der Waals surface area (Å²) in [6.45, 7) is 0.633. The maximum absolute atomic E-state index is 12.4. The van der Waals surface area contributed by atoms with E-state index in [4.69, 9.17) is 11.6 Å². The Morgan fingerprint density at radius 3 is 2.63 bits per heavy atom. The Kier molecular flexibility index (Phi) is 5.29. The Morgan fingerprint density at radius 2 is 2.05 bits per heavy atom. The maximum atomic E-state index is 12.4. The van der Waals surface area contributed by atoms with E-state index >= 15 is 0 Å². The zero-order valence-corrected chi connectivity index (χ0v) is 13.5. The van der Waals surface area contributed by atoms with Gasteiger partial charge >= 0.3 is 0 Å². The van der Waals surface area contributed by atoms with Crippen molar-refractivity contribution in [2.75, 3.05) is 13.6 Å². The standard InChI is InChI=1S/C13H20ClNO2S2/c1-15(9-11-5-3-2-4-6-11)19(16,17)13-7-12(8-14)18-10-13/h7,10-11H,2-6,8-9H2,1H3. The molecule has 6 heteroatoms. The van der Waals surface area contributed by atoms with E-state index in [9.17, 15) is 8.42 Å². The summed E-state index contributed by atoms with van der Waals surface area (Å²) >= 11 is 7.13. The highest BCUT2D eigenvalue weighted by Gasteiger charge is 2.25. The van der Waals surface area contributed by atoms with Crippen molar-refractivity contribution in [1.29, 1.82) is 0 Å². The van der Waals surface area contributed by atoms with Crippen LogP contribution in [-0.2, 0) is 15.9 Å². The highest BCUT2D eigenvalue weighted by Crippen LogP contribution is 2.27. The molecule has 0 saturated heterocycles. The third kappa shape index (κ3) is 3.72. The second-order valence-corrected chi connectivity index (χ2v) is 8.48. The van der Waals surface area contributed by atoms with Crippen LogP contribution in [-0.4, -0.2) is 26.3 Å². The van der Waals surface area contributed by atoms with E-state index in [1.165, 1.54) is 34.9 Å². The topological polar surface area (TPSA) is 37.4 Å². The second kappa shape index (κ2) is 6.57. The minimum Gasteiger partial charge on any atom is -0.207 e. The van der Waals surface area contributed by atoms with E-state index in [0.29, 0.717) is 23.2 Å². The first kappa shape index (κ1) is 15.3. The Morgan fingerprint density at radius 1 is 1.37 bits per heavy atom. The van der Waals surface area contributed by atoms with Crippen LogP contribution in [0.1, 0.15) is 37.0 Å². The van der Waals surface area contributed by atoms with Gasteiger partial charge in [-0.25, -0.2) is 12.7 Å². The number of sulfonamides is 1. The van der Waals surface area contributed by atoms with Gasteiger partial charge in [-0.2, -0.15) is 0 Å². The molecule has 0 N–H and O–H groups in total. The van der Waals surface area contributed by atoms with Crippen LogP contribution >= 0.6 is 22.9 Å². The zero-order chi connectivity index (χ0) is 13.9. The number of nitrogens with zero attached hydrogens (tertiary/aromatic N) is 1. The van der Waals surface area contributed by atoms with E-state index in [2.05, 4.69) is 0 Å². The molecule has 1 heterocycles. The van der Waals surface area contributed by atoms with E-state index in [-0.39, 0.29) is 0 Å². The molecule has 3 nitrogen and oxygen atoms in total. The molecule has 1 fully saturated rings. The minimum absolute atomic E-state index is 0.368. The highest BCUT2D eigenvalue weighted by atomic mass is 35.5. The van der Waals surface area contributed by atoms with Gasteiger partial charge in [0.05, 0.1) is 10.8 Å². The molecular weight excluding hydrogens is 302 g/mol. The van der Waals surface area contributed by atoms with Gasteiger partial charge in [-0.3, -0.25) is 0 Å². The predicted molar refractivity (Wildman–Crippen MR) is 80.3 cm³/mol. The largest absolute Gasteiger partial charge is 0.243 e. The lowest BCUT2D eigenvalue weighted by Gasteiger charge is -2.26. The summed E-state index contributed by atoms with van der Waals surface area (Å²) in [5.74, 6) is 0.881. The lowest BCUT2D eigenvalue weighted by molar-refractivity contribution is 0.300. The van der Waals surface area contributed by atoms with Crippen molar-refractivity contribution in [3.05, 3.63) is 16.3 Å². The summed E-state index contributed by atoms with van der Waals surface area (Å²) < 4.78 is 26.4. The average Bonchev–Trinajstić information content (AvgIpc) is 2.89. The first-order valence-electron chi connectivity index (χ1n) is 6.63. The van der Waals surface area contributed by atoms with Crippen molar-refractivity contribution in [2.45, 2.75) is 42.9 Å². The molecule has 1 aliphatic rings. The fourth-order valence-electron chi connectivity index (χ4n) is 2.58. The number of hydrogen-bond acceptors (Lipinski definition) is 3. The van der Waals surface area contributed by atoms with Crippen molar-refractivity contribution in [3.8, 4) is 0 Å². The molecule has 0 unspecified atom stereocenters. The third-order valence-corrected chi connectivity index (χ3v) is 7.04. The Hall–Kier alpha value is -0.100. The molecule has 0 spiro atoms. The summed E-state index contributed by atoms with van der Waals surface area (Å²) in [5.41, 5.74) is 0. The van der Waals surface area contributed by atoms with Gasteiger partial charge in [0.25, 0.3) is 0 Å². The molecule has 2 rings (SSSR count). The SMILES string of the molecule is CN(CC1CCCCC1)S(=O)(=O)c1csc(CCl)c1. The lowest BCUT2D eigenvalue weighted by atomic mass is 9.89. The van der Waals surface area contributed by atoms with E-state index in [0.717, 1.165) is 17.7 Å². The first-order valence-corrected chi connectivity index (χ1v) is 9.49. The van der Waals surface area contributed by atoms with Crippen LogP contribution in [0.5, 0.6) is 0 Å². The van der Waals surface area contributed by atoms with Gasteiger partial charge in [0.2, 0.25) is 10.0 Å². The van der Waals surface area contributed by atoms with Crippen LogP contribution in [0.3, 0.4) is 0 Å². The second-order valence-electron chi connectivity index (χ2n) is 5.17. The normalized spacial score (nSPS) is 18.1. The molecule has 19 heavy (non-hydrogen) atoms. The molecule has 1 saturated carbocycles. The Bertz CT molecular complexity index is 506. The van der Waals surface area contributed by atoms with Gasteiger partial charge in [0.15, 0.2) is 0 Å². The van der Waals surface area contributed by atoms with Crippen LogP contribution in [0.2, 0.25) is 0 Å². The molecule has 0 bridgehead atoms. The van der Waals surface area contributed by atoms with Crippen LogP contribution in [0, 0.1) is 5.92 Å². The highest BCUT2D eigenvalue weighted by molar-refractivity contribution is 7.89. The van der Waals surface area contributed by atoms with Crippen molar-refractivity contribution < 1.29 is 8.42 Å². The summed E-state index contributed by atoms with van der Waals surface area (Å²) in [6, 6.07) is 1.68. The molecule has 0 atom stereocenters. The molecule has 0 amide bonds. The molecule has 1 aromatic rings. The molecule has 0 radical (unpaired) electrons. The van der Waals surface area contributed by atoms with Crippen molar-refractivity contribution >= 4 is 33.0 Å². The molecule has 1 aromatic heterocycles. The van der Waals surface area contributed by atoms with Gasteiger partial charge in [-0.05, 0) is 24.8 Å². The van der Waals surface area contributed by atoms with Crippen LogP contribution in [0.15, 0.2) is 16.3 Å². The Labute approximate surface area is 124 Å². The van der Waals surface area contributed by atoms with E-state index in [1.807, 2.05) is 0 Å². The zero-order valence-electron chi connectivity index (χ0n) is 11.1. The van der Waals surface area contributed by atoms with Gasteiger partial charge in [-0.15, -0.1) is 22.9 Å². The molecule has 0 aromatic carbocycles. The lowest BCUT2D eigenvalue weighted by Crippen LogP contribution is -2.32. The van der Waals surface area contributed by atoms with E-state index < -0.39 is 10.0 Å². The van der Waals surface area contributed by atoms with Crippen LogP contribution < -0.4 is 0 Å². The quantitative estimate of drug-likeness (QED) is 0.776. The fraction of sp³-hybridized carbons (Fsp3) is 0.692. The van der Waals surface area contributed by atoms with Crippen LogP contribution in [0.4, 0.5) is 0 Å². The van der Waals surface area contributed by atoms with Crippen molar-refractivity contribution in [1.82, 2.24) is 4.31 Å². The number of hydrogen-bond donors (Lipinski definition) is 0. The fourth-order valence-corrected chi connectivity index (χ4v) is 5.20. The summed E-state index contributed by atoms with van der Waals surface area (Å²) in [7, 11) is -1.66. The number of rotatable bonds is 5. The van der Waals surface area contributed by atoms with Crippen molar-refractivity contribution in [2.24, 2.45) is 5.92 Å². The van der Waals surface area contributed by atoms with Gasteiger partial charge in [0, 0.05) is 23.8 Å². The van der Waals surface area contributed by atoms with Crippen LogP contribution in [0.25, 0.3) is 0 Å². The number of alkyl halides is 1.